The van der Waals surface area contributed by atoms with Crippen molar-refractivity contribution in [3.63, 3.8) is 0 Å². The number of Topliss-reactive ketones (excluding diaryl/α,β-unsaturated/α-hetero) is 1. The van der Waals surface area contributed by atoms with Crippen molar-refractivity contribution in [2.45, 2.75) is 11.8 Å². The molecule has 2 aliphatic carbocycles. The summed E-state index contributed by atoms with van der Waals surface area (Å²) >= 11 is 0. The zero-order valence-corrected chi connectivity index (χ0v) is 14.4. The van der Waals surface area contributed by atoms with E-state index < -0.39 is 5.41 Å². The lowest BCUT2D eigenvalue weighted by atomic mass is 9.63. The lowest BCUT2D eigenvalue weighted by Gasteiger charge is -2.36. The number of ether oxygens (including phenoxy) is 1. The zero-order valence-electron chi connectivity index (χ0n) is 14.4. The normalized spacial score (nSPS) is 30.5. The second-order valence-corrected chi connectivity index (χ2v) is 7.33. The fraction of sp³-hybridized carbons (Fsp3) is 0.273. The Bertz CT molecular complexity index is 963. The van der Waals surface area contributed by atoms with Gasteiger partial charge in [0.25, 0.3) is 0 Å². The molecule has 1 amide bonds. The average molecular weight is 345 g/mol. The van der Waals surface area contributed by atoms with Crippen LogP contribution in [-0.4, -0.2) is 18.8 Å². The van der Waals surface area contributed by atoms with Crippen molar-refractivity contribution < 1.29 is 14.3 Å². The molecular formula is C22H19NO3. The maximum atomic E-state index is 13.6. The summed E-state index contributed by atoms with van der Waals surface area (Å²) in [6.07, 6.45) is 5.09. The van der Waals surface area contributed by atoms with Gasteiger partial charge in [0, 0.05) is 17.2 Å². The van der Waals surface area contributed by atoms with Gasteiger partial charge in [-0.15, -0.1) is 0 Å². The Hall–Kier alpha value is -2.88. The highest BCUT2D eigenvalue weighted by atomic mass is 16.5. The van der Waals surface area contributed by atoms with Gasteiger partial charge in [-0.2, -0.15) is 0 Å². The summed E-state index contributed by atoms with van der Waals surface area (Å²) in [6, 6.07) is 15.0. The van der Waals surface area contributed by atoms with E-state index in [1.54, 1.807) is 13.2 Å². The number of rotatable bonds is 3. The quantitative estimate of drug-likeness (QED) is 0.683. The molecule has 4 unspecified atom stereocenters. The van der Waals surface area contributed by atoms with Gasteiger partial charge in [-0.05, 0) is 42.0 Å². The summed E-state index contributed by atoms with van der Waals surface area (Å²) in [5.41, 5.74) is 1.60. The van der Waals surface area contributed by atoms with Gasteiger partial charge in [0.05, 0.1) is 12.5 Å². The third-order valence-corrected chi connectivity index (χ3v) is 6.25. The van der Waals surface area contributed by atoms with E-state index in [1.165, 1.54) is 0 Å². The number of amides is 1. The molecule has 4 nitrogen and oxygen atoms in total. The molecule has 1 spiro atoms. The molecule has 26 heavy (non-hydrogen) atoms. The van der Waals surface area contributed by atoms with Crippen molar-refractivity contribution in [2.75, 3.05) is 12.4 Å². The molecule has 5 rings (SSSR count). The molecule has 1 aliphatic heterocycles. The number of carbonyl (C=O) groups excluding carboxylic acids is 2. The number of para-hydroxylation sites is 1. The number of anilines is 1. The van der Waals surface area contributed by atoms with Crippen molar-refractivity contribution >= 4 is 17.4 Å². The second-order valence-electron chi connectivity index (χ2n) is 7.33. The van der Waals surface area contributed by atoms with Crippen LogP contribution in [0.25, 0.3) is 0 Å². The van der Waals surface area contributed by atoms with Crippen LogP contribution < -0.4 is 10.1 Å². The number of nitrogens with one attached hydrogen (secondary N) is 1. The Balaban J connectivity index is 1.67. The van der Waals surface area contributed by atoms with Gasteiger partial charge in [0.2, 0.25) is 5.91 Å². The average Bonchev–Trinajstić information content (AvgIpc) is 3.35. The lowest BCUT2D eigenvalue weighted by Crippen LogP contribution is -2.48. The first-order valence-corrected chi connectivity index (χ1v) is 8.94. The number of fused-ring (bicyclic) bond motifs is 5. The molecule has 0 saturated heterocycles. The SMILES string of the molecule is COc1cccc(C(=O)C2C3C=CC(C3)C23C(=O)Nc2ccccc23)c1. The molecular weight excluding hydrogens is 326 g/mol. The minimum Gasteiger partial charge on any atom is -0.497 e. The van der Waals surface area contributed by atoms with Crippen molar-refractivity contribution in [3.8, 4) is 5.75 Å². The fourth-order valence-electron chi connectivity index (χ4n) is 5.22. The van der Waals surface area contributed by atoms with Crippen LogP contribution in [-0.2, 0) is 10.2 Å². The number of ketones is 1. The summed E-state index contributed by atoms with van der Waals surface area (Å²) in [4.78, 5) is 26.7. The van der Waals surface area contributed by atoms with Crippen LogP contribution in [0.2, 0.25) is 0 Å². The van der Waals surface area contributed by atoms with Crippen molar-refractivity contribution in [2.24, 2.45) is 17.8 Å². The van der Waals surface area contributed by atoms with Crippen LogP contribution in [0.5, 0.6) is 5.75 Å². The predicted octanol–water partition coefficient (Wildman–Crippen LogP) is 3.59. The van der Waals surface area contributed by atoms with E-state index in [-0.39, 0.29) is 29.4 Å². The summed E-state index contributed by atoms with van der Waals surface area (Å²) in [5, 5.41) is 3.02. The van der Waals surface area contributed by atoms with E-state index in [1.807, 2.05) is 42.5 Å². The van der Waals surface area contributed by atoms with Gasteiger partial charge in [0.1, 0.15) is 5.75 Å². The second kappa shape index (κ2) is 5.31. The Morgan fingerprint density at radius 2 is 2.00 bits per heavy atom. The first kappa shape index (κ1) is 15.4. The van der Waals surface area contributed by atoms with E-state index in [2.05, 4.69) is 17.5 Å². The molecule has 1 N–H and O–H groups in total. The minimum atomic E-state index is -0.795. The van der Waals surface area contributed by atoms with Crippen LogP contribution in [0.4, 0.5) is 5.69 Å². The summed E-state index contributed by atoms with van der Waals surface area (Å²) in [5.74, 6) is 0.406. The molecule has 4 atom stereocenters. The lowest BCUT2D eigenvalue weighted by molar-refractivity contribution is -0.122. The Labute approximate surface area is 151 Å². The van der Waals surface area contributed by atoms with Crippen LogP contribution in [0, 0.1) is 17.8 Å². The third-order valence-electron chi connectivity index (χ3n) is 6.25. The van der Waals surface area contributed by atoms with Gasteiger partial charge >= 0.3 is 0 Å². The number of allylic oxidation sites excluding steroid dienone is 2. The highest BCUT2D eigenvalue weighted by molar-refractivity contribution is 6.13. The maximum Gasteiger partial charge on any atom is 0.236 e. The molecule has 2 aromatic rings. The molecule has 2 bridgehead atoms. The van der Waals surface area contributed by atoms with Gasteiger partial charge < -0.3 is 10.1 Å². The first-order chi connectivity index (χ1) is 12.7. The van der Waals surface area contributed by atoms with Crippen molar-refractivity contribution in [1.29, 1.82) is 0 Å². The number of carbonyl (C=O) groups is 2. The molecule has 1 heterocycles. The largest absolute Gasteiger partial charge is 0.497 e. The predicted molar refractivity (Wildman–Crippen MR) is 98.3 cm³/mol. The van der Waals surface area contributed by atoms with E-state index in [4.69, 9.17) is 4.74 Å². The van der Waals surface area contributed by atoms with Gasteiger partial charge in [-0.25, -0.2) is 0 Å². The van der Waals surface area contributed by atoms with Crippen molar-refractivity contribution in [1.82, 2.24) is 0 Å². The topological polar surface area (TPSA) is 55.4 Å². The summed E-state index contributed by atoms with van der Waals surface area (Å²) < 4.78 is 5.28. The van der Waals surface area contributed by atoms with Crippen LogP contribution in [0.1, 0.15) is 22.3 Å². The first-order valence-electron chi connectivity index (χ1n) is 8.94. The summed E-state index contributed by atoms with van der Waals surface area (Å²) in [7, 11) is 1.59. The zero-order chi connectivity index (χ0) is 17.9. The van der Waals surface area contributed by atoms with Crippen LogP contribution in [0.3, 0.4) is 0 Å². The van der Waals surface area contributed by atoms with Gasteiger partial charge in [0.15, 0.2) is 5.78 Å². The summed E-state index contributed by atoms with van der Waals surface area (Å²) in [6.45, 7) is 0. The highest BCUT2D eigenvalue weighted by Crippen LogP contribution is 2.61. The fourth-order valence-corrected chi connectivity index (χ4v) is 5.22. The van der Waals surface area contributed by atoms with E-state index in [9.17, 15) is 9.59 Å². The van der Waals surface area contributed by atoms with Gasteiger partial charge in [-0.1, -0.05) is 42.5 Å². The Morgan fingerprint density at radius 3 is 2.85 bits per heavy atom. The molecule has 1 fully saturated rings. The Morgan fingerprint density at radius 1 is 1.15 bits per heavy atom. The number of hydrogen-bond acceptors (Lipinski definition) is 3. The minimum absolute atomic E-state index is 0.0209. The standard InChI is InChI=1S/C22H19NO3/c1-26-16-6-4-5-14(12-16)20(24)19-13-9-10-15(11-13)22(19)17-7-2-3-8-18(17)23-21(22)25/h2-10,12-13,15,19H,11H2,1H3,(H,23,25). The monoisotopic (exact) mass is 345 g/mol. The molecule has 3 aliphatic rings. The number of methoxy groups -OCH3 is 1. The van der Waals surface area contributed by atoms with Crippen LogP contribution >= 0.6 is 0 Å². The van der Waals surface area contributed by atoms with E-state index in [0.717, 1.165) is 17.7 Å². The van der Waals surface area contributed by atoms with Crippen molar-refractivity contribution in [3.05, 3.63) is 71.8 Å². The molecule has 130 valence electrons. The molecule has 2 aromatic carbocycles. The number of hydrogen-bond donors (Lipinski definition) is 1. The Kier molecular flexibility index (Phi) is 3.14. The molecule has 0 radical (unpaired) electrons. The van der Waals surface area contributed by atoms with Gasteiger partial charge in [-0.3, -0.25) is 9.59 Å². The van der Waals surface area contributed by atoms with E-state index in [0.29, 0.717) is 11.3 Å². The van der Waals surface area contributed by atoms with Crippen LogP contribution in [0.15, 0.2) is 60.7 Å². The molecule has 4 heteroatoms. The van der Waals surface area contributed by atoms with E-state index >= 15 is 0 Å². The highest BCUT2D eigenvalue weighted by Gasteiger charge is 2.66. The molecule has 1 saturated carbocycles. The maximum absolute atomic E-state index is 13.6. The smallest absolute Gasteiger partial charge is 0.236 e. The molecule has 0 aromatic heterocycles. The number of benzene rings is 2. The third kappa shape index (κ3) is 1.79.